The molecule has 1 aliphatic rings. The van der Waals surface area contributed by atoms with Gasteiger partial charge >= 0.3 is 0 Å². The van der Waals surface area contributed by atoms with Gasteiger partial charge in [-0.2, -0.15) is 5.10 Å². The Morgan fingerprint density at radius 2 is 1.96 bits per heavy atom. The van der Waals surface area contributed by atoms with Crippen LogP contribution in [0.1, 0.15) is 69.8 Å². The number of carbonyl (C=O) groups is 1. The van der Waals surface area contributed by atoms with Crippen molar-refractivity contribution < 1.29 is 4.79 Å². The molecule has 0 spiro atoms. The largest absolute Gasteiger partial charge is 0.367 e. The minimum absolute atomic E-state index is 0.0730. The molecular formula is C21H30N4O. The number of carbonyl (C=O) groups excluding carboxylic acids is 1. The summed E-state index contributed by atoms with van der Waals surface area (Å²) in [5.74, 6) is 0.747. The number of hydrogen-bond donors (Lipinski definition) is 2. The van der Waals surface area contributed by atoms with E-state index >= 15 is 0 Å². The minimum atomic E-state index is -0.372. The Bertz CT molecular complexity index is 775. The summed E-state index contributed by atoms with van der Waals surface area (Å²) < 4.78 is 1.95. The van der Waals surface area contributed by atoms with Gasteiger partial charge in [0.15, 0.2) is 0 Å². The van der Waals surface area contributed by atoms with Gasteiger partial charge in [0, 0.05) is 6.04 Å². The van der Waals surface area contributed by atoms with E-state index in [9.17, 15) is 4.79 Å². The van der Waals surface area contributed by atoms with E-state index in [4.69, 9.17) is 0 Å². The zero-order chi connectivity index (χ0) is 18.9. The monoisotopic (exact) mass is 354 g/mol. The third-order valence-corrected chi connectivity index (χ3v) is 5.66. The second-order valence-electron chi connectivity index (χ2n) is 7.99. The molecule has 1 aliphatic heterocycles. The number of fused-ring (bicyclic) bond motifs is 1. The van der Waals surface area contributed by atoms with Crippen molar-refractivity contribution in [2.24, 2.45) is 0 Å². The van der Waals surface area contributed by atoms with Crippen molar-refractivity contribution in [3.05, 3.63) is 47.7 Å². The molecule has 0 unspecified atom stereocenters. The smallest absolute Gasteiger partial charge is 0.257 e. The molecule has 0 fully saturated rings. The van der Waals surface area contributed by atoms with Gasteiger partial charge < -0.3 is 10.6 Å². The second kappa shape index (κ2) is 6.78. The fourth-order valence-corrected chi connectivity index (χ4v) is 4.18. The number of benzene rings is 1. The zero-order valence-electron chi connectivity index (χ0n) is 16.5. The van der Waals surface area contributed by atoms with Gasteiger partial charge in [-0.3, -0.25) is 4.79 Å². The van der Waals surface area contributed by atoms with Crippen LogP contribution < -0.4 is 10.6 Å². The van der Waals surface area contributed by atoms with Crippen molar-refractivity contribution in [1.29, 1.82) is 0 Å². The minimum Gasteiger partial charge on any atom is -0.367 e. The van der Waals surface area contributed by atoms with Gasteiger partial charge in [0.25, 0.3) is 5.91 Å². The lowest BCUT2D eigenvalue weighted by molar-refractivity contribution is 0.0890. The standard InChI is InChI=1S/C21H30N4O/c1-6-21(7-2,16-11-9-8-10-12-16)24-19(26)17-14-22-25-18(17)23-15(3)13-20(25,4)5/h8-12,14-15,23H,6-7,13H2,1-5H3,(H,24,26)/t15-/m0/s1. The number of nitrogens with one attached hydrogen (secondary N) is 2. The van der Waals surface area contributed by atoms with E-state index in [1.165, 1.54) is 0 Å². The van der Waals surface area contributed by atoms with E-state index < -0.39 is 0 Å². The molecule has 140 valence electrons. The molecule has 1 aromatic heterocycles. The van der Waals surface area contributed by atoms with Crippen LogP contribution in [0.4, 0.5) is 5.82 Å². The molecule has 2 aromatic rings. The van der Waals surface area contributed by atoms with Crippen LogP contribution in [-0.4, -0.2) is 21.7 Å². The Kier molecular flexibility index (Phi) is 4.82. The van der Waals surface area contributed by atoms with Crippen molar-refractivity contribution in [1.82, 2.24) is 15.1 Å². The Hall–Kier alpha value is -2.30. The third-order valence-electron chi connectivity index (χ3n) is 5.66. The molecule has 26 heavy (non-hydrogen) atoms. The molecule has 0 aliphatic carbocycles. The number of nitrogens with zero attached hydrogens (tertiary/aromatic N) is 2. The van der Waals surface area contributed by atoms with E-state index in [1.54, 1.807) is 6.20 Å². The first-order valence-corrected chi connectivity index (χ1v) is 9.56. The van der Waals surface area contributed by atoms with Crippen molar-refractivity contribution >= 4 is 11.7 Å². The molecule has 2 N–H and O–H groups in total. The molecule has 0 saturated heterocycles. The Morgan fingerprint density at radius 3 is 2.58 bits per heavy atom. The number of amides is 1. The van der Waals surface area contributed by atoms with Crippen LogP contribution >= 0.6 is 0 Å². The number of anilines is 1. The highest BCUT2D eigenvalue weighted by atomic mass is 16.1. The molecule has 5 heteroatoms. The van der Waals surface area contributed by atoms with Gasteiger partial charge in [-0.05, 0) is 45.6 Å². The molecule has 2 heterocycles. The summed E-state index contributed by atoms with van der Waals surface area (Å²) in [5.41, 5.74) is 1.28. The van der Waals surface area contributed by atoms with Gasteiger partial charge in [-0.25, -0.2) is 4.68 Å². The lowest BCUT2D eigenvalue weighted by atomic mass is 9.84. The molecule has 5 nitrogen and oxygen atoms in total. The molecule has 0 radical (unpaired) electrons. The third kappa shape index (κ3) is 3.11. The normalized spacial score (nSPS) is 18.7. The maximum atomic E-state index is 13.2. The highest BCUT2D eigenvalue weighted by Gasteiger charge is 2.36. The van der Waals surface area contributed by atoms with Gasteiger partial charge in [0.2, 0.25) is 0 Å². The predicted molar refractivity (Wildman–Crippen MR) is 105 cm³/mol. The summed E-state index contributed by atoms with van der Waals surface area (Å²) in [6, 6.07) is 10.5. The first kappa shape index (κ1) is 18.5. The van der Waals surface area contributed by atoms with E-state index in [1.807, 2.05) is 22.9 Å². The van der Waals surface area contributed by atoms with E-state index in [-0.39, 0.29) is 17.0 Å². The van der Waals surface area contributed by atoms with Gasteiger partial charge in [0.05, 0.1) is 17.3 Å². The molecule has 0 bridgehead atoms. The van der Waals surface area contributed by atoms with Crippen LogP contribution in [0.25, 0.3) is 0 Å². The molecule has 3 rings (SSSR count). The van der Waals surface area contributed by atoms with Crippen LogP contribution in [0.15, 0.2) is 36.5 Å². The Labute approximate surface area is 156 Å². The number of rotatable bonds is 5. The number of hydrogen-bond acceptors (Lipinski definition) is 3. The maximum absolute atomic E-state index is 13.2. The summed E-state index contributed by atoms with van der Waals surface area (Å²) in [5, 5.41) is 11.3. The fraction of sp³-hybridized carbons (Fsp3) is 0.524. The Balaban J connectivity index is 1.94. The number of aromatic nitrogens is 2. The van der Waals surface area contributed by atoms with E-state index in [0.717, 1.165) is 30.6 Å². The summed E-state index contributed by atoms with van der Waals surface area (Å²) >= 11 is 0. The summed E-state index contributed by atoms with van der Waals surface area (Å²) in [6.45, 7) is 10.7. The van der Waals surface area contributed by atoms with Gasteiger partial charge in [-0.15, -0.1) is 0 Å². The van der Waals surface area contributed by atoms with Crippen LogP contribution in [0.2, 0.25) is 0 Å². The van der Waals surface area contributed by atoms with Gasteiger partial charge in [-0.1, -0.05) is 44.2 Å². The highest BCUT2D eigenvalue weighted by Crippen LogP contribution is 2.35. The molecule has 1 atom stereocenters. The lowest BCUT2D eigenvalue weighted by Crippen LogP contribution is -2.46. The molecule has 1 aromatic carbocycles. The highest BCUT2D eigenvalue weighted by molar-refractivity contribution is 5.99. The first-order valence-electron chi connectivity index (χ1n) is 9.56. The van der Waals surface area contributed by atoms with Crippen molar-refractivity contribution in [2.45, 2.75) is 71.0 Å². The quantitative estimate of drug-likeness (QED) is 0.843. The average molecular weight is 354 g/mol. The van der Waals surface area contributed by atoms with E-state index in [0.29, 0.717) is 11.6 Å². The predicted octanol–water partition coefficient (Wildman–Crippen LogP) is 4.27. The lowest BCUT2D eigenvalue weighted by Gasteiger charge is -2.37. The fourth-order valence-electron chi connectivity index (χ4n) is 4.18. The SMILES string of the molecule is CCC(CC)(NC(=O)c1cnn2c1N[C@@H](C)CC2(C)C)c1ccccc1. The van der Waals surface area contributed by atoms with Crippen molar-refractivity contribution in [2.75, 3.05) is 5.32 Å². The molecule has 1 amide bonds. The Morgan fingerprint density at radius 1 is 1.31 bits per heavy atom. The summed E-state index contributed by atoms with van der Waals surface area (Å²) in [7, 11) is 0. The van der Waals surface area contributed by atoms with Gasteiger partial charge in [0.1, 0.15) is 11.4 Å². The van der Waals surface area contributed by atoms with Crippen LogP contribution in [-0.2, 0) is 11.1 Å². The van der Waals surface area contributed by atoms with Crippen LogP contribution in [0, 0.1) is 0 Å². The molecular weight excluding hydrogens is 324 g/mol. The zero-order valence-corrected chi connectivity index (χ0v) is 16.5. The summed E-state index contributed by atoms with van der Waals surface area (Å²) in [4.78, 5) is 13.2. The van der Waals surface area contributed by atoms with Crippen molar-refractivity contribution in [3.63, 3.8) is 0 Å². The van der Waals surface area contributed by atoms with Crippen molar-refractivity contribution in [3.8, 4) is 0 Å². The maximum Gasteiger partial charge on any atom is 0.257 e. The van der Waals surface area contributed by atoms with E-state index in [2.05, 4.69) is 62.5 Å². The van der Waals surface area contributed by atoms with Crippen LogP contribution in [0.5, 0.6) is 0 Å². The summed E-state index contributed by atoms with van der Waals surface area (Å²) in [6.07, 6.45) is 4.33. The second-order valence-corrected chi connectivity index (χ2v) is 7.99. The van der Waals surface area contributed by atoms with Crippen LogP contribution in [0.3, 0.4) is 0 Å². The first-order chi connectivity index (χ1) is 12.3. The molecule has 0 saturated carbocycles. The average Bonchev–Trinajstić information content (AvgIpc) is 3.04. The topological polar surface area (TPSA) is 59.0 Å².